The quantitative estimate of drug-likeness (QED) is 0.831. The van der Waals surface area contributed by atoms with Crippen LogP contribution in [0.5, 0.6) is 0 Å². The smallest absolute Gasteiger partial charge is 0.269 e. The first-order chi connectivity index (χ1) is 11.9. The van der Waals surface area contributed by atoms with Crippen molar-refractivity contribution in [3.05, 3.63) is 61.5 Å². The maximum atomic E-state index is 12.6. The van der Waals surface area contributed by atoms with Gasteiger partial charge in [0.25, 0.3) is 5.56 Å². The third-order valence-corrected chi connectivity index (χ3v) is 4.80. The van der Waals surface area contributed by atoms with Crippen LogP contribution in [-0.4, -0.2) is 17.6 Å². The number of amides is 1. The van der Waals surface area contributed by atoms with E-state index in [1.54, 1.807) is 13.0 Å². The molecular weight excluding hydrogens is 386 g/mol. The number of halogens is 1. The second-order valence-corrected chi connectivity index (χ2v) is 6.40. The first kappa shape index (κ1) is 18.9. The molecule has 1 heterocycles. The molecule has 0 saturated heterocycles. The van der Waals surface area contributed by atoms with Crippen LogP contribution in [0.1, 0.15) is 22.4 Å². The Balaban J connectivity index is 2.36. The van der Waals surface area contributed by atoms with Gasteiger partial charge in [-0.3, -0.25) is 9.59 Å². The third-order valence-electron chi connectivity index (χ3n) is 3.75. The topological polar surface area (TPSA) is 84.1 Å². The van der Waals surface area contributed by atoms with Crippen LogP contribution in [0.3, 0.4) is 0 Å². The monoisotopic (exact) mass is 403 g/mol. The lowest BCUT2D eigenvalue weighted by Crippen LogP contribution is -2.32. The van der Waals surface area contributed by atoms with Gasteiger partial charge in [0.2, 0.25) is 5.91 Å². The Morgan fingerprint density at radius 2 is 2.12 bits per heavy atom. The van der Waals surface area contributed by atoms with E-state index in [1.165, 1.54) is 11.7 Å². The van der Waals surface area contributed by atoms with Crippen LogP contribution in [0.2, 0.25) is 0 Å². The second-order valence-electron chi connectivity index (χ2n) is 5.61. The lowest BCUT2D eigenvalue weighted by molar-refractivity contribution is -0.116. The predicted molar refractivity (Wildman–Crippen MR) is 98.4 cm³/mol. The SMILES string of the molecule is COCc1c(Br)c(C)n(CC(=O)Nc2cccc(C)c2)c(=O)c1C#N. The Bertz CT molecular complexity index is 913. The van der Waals surface area contributed by atoms with Crippen molar-refractivity contribution in [2.24, 2.45) is 0 Å². The van der Waals surface area contributed by atoms with Gasteiger partial charge in [0, 0.05) is 28.5 Å². The van der Waals surface area contributed by atoms with Crippen molar-refractivity contribution >= 4 is 27.5 Å². The van der Waals surface area contributed by atoms with E-state index in [9.17, 15) is 14.9 Å². The molecule has 0 unspecified atom stereocenters. The van der Waals surface area contributed by atoms with Crippen LogP contribution in [0.15, 0.2) is 33.5 Å². The zero-order valence-corrected chi connectivity index (χ0v) is 15.8. The molecule has 0 fully saturated rings. The average molecular weight is 404 g/mol. The summed E-state index contributed by atoms with van der Waals surface area (Å²) in [7, 11) is 1.49. The van der Waals surface area contributed by atoms with Crippen molar-refractivity contribution in [1.82, 2.24) is 4.57 Å². The van der Waals surface area contributed by atoms with Gasteiger partial charge in [0.1, 0.15) is 18.2 Å². The molecule has 2 aromatic rings. The molecule has 0 aliphatic carbocycles. The molecule has 2 rings (SSSR count). The molecule has 0 bridgehead atoms. The fraction of sp³-hybridized carbons (Fsp3) is 0.278. The van der Waals surface area contributed by atoms with Gasteiger partial charge in [-0.15, -0.1) is 0 Å². The van der Waals surface area contributed by atoms with Crippen LogP contribution in [-0.2, 0) is 22.7 Å². The molecule has 0 aliphatic rings. The van der Waals surface area contributed by atoms with Gasteiger partial charge in [0.15, 0.2) is 0 Å². The number of nitrogens with zero attached hydrogens (tertiary/aromatic N) is 2. The number of carbonyl (C=O) groups is 1. The Morgan fingerprint density at radius 1 is 1.40 bits per heavy atom. The van der Waals surface area contributed by atoms with Crippen LogP contribution >= 0.6 is 15.9 Å². The molecule has 0 saturated carbocycles. The standard InChI is InChI=1S/C18H18BrN3O3/c1-11-5-4-6-13(7-11)21-16(23)9-22-12(2)17(19)15(10-25-3)14(8-20)18(22)24/h4-7H,9-10H2,1-3H3,(H,21,23). The van der Waals surface area contributed by atoms with Crippen molar-refractivity contribution in [3.8, 4) is 6.07 Å². The van der Waals surface area contributed by atoms with Gasteiger partial charge >= 0.3 is 0 Å². The first-order valence-corrected chi connectivity index (χ1v) is 8.35. The van der Waals surface area contributed by atoms with Crippen molar-refractivity contribution in [3.63, 3.8) is 0 Å². The maximum Gasteiger partial charge on any atom is 0.269 e. The summed E-state index contributed by atoms with van der Waals surface area (Å²) < 4.78 is 6.94. The summed E-state index contributed by atoms with van der Waals surface area (Å²) in [6.07, 6.45) is 0. The van der Waals surface area contributed by atoms with E-state index in [4.69, 9.17) is 4.74 Å². The molecule has 0 radical (unpaired) electrons. The van der Waals surface area contributed by atoms with Crippen LogP contribution in [0.4, 0.5) is 5.69 Å². The molecule has 7 heteroatoms. The van der Waals surface area contributed by atoms with Gasteiger partial charge in [-0.05, 0) is 47.5 Å². The third kappa shape index (κ3) is 4.16. The number of hydrogen-bond acceptors (Lipinski definition) is 4. The number of nitrogens with one attached hydrogen (secondary N) is 1. The number of ether oxygens (including phenoxy) is 1. The zero-order chi connectivity index (χ0) is 18.6. The number of benzene rings is 1. The lowest BCUT2D eigenvalue weighted by Gasteiger charge is -2.16. The molecule has 25 heavy (non-hydrogen) atoms. The zero-order valence-electron chi connectivity index (χ0n) is 14.2. The molecule has 0 atom stereocenters. The van der Waals surface area contributed by atoms with Crippen molar-refractivity contribution in [2.45, 2.75) is 27.0 Å². The minimum atomic E-state index is -0.505. The second kappa shape index (κ2) is 8.10. The average Bonchev–Trinajstić information content (AvgIpc) is 2.57. The highest BCUT2D eigenvalue weighted by Crippen LogP contribution is 2.23. The van der Waals surface area contributed by atoms with Crippen molar-refractivity contribution < 1.29 is 9.53 Å². The van der Waals surface area contributed by atoms with E-state index in [0.717, 1.165) is 5.56 Å². The molecule has 1 N–H and O–H groups in total. The number of aryl methyl sites for hydroxylation is 1. The van der Waals surface area contributed by atoms with E-state index in [-0.39, 0.29) is 24.6 Å². The van der Waals surface area contributed by atoms with Crippen LogP contribution < -0.4 is 10.9 Å². The summed E-state index contributed by atoms with van der Waals surface area (Å²) >= 11 is 3.40. The highest BCUT2D eigenvalue weighted by Gasteiger charge is 2.19. The number of aromatic nitrogens is 1. The van der Waals surface area contributed by atoms with Gasteiger partial charge < -0.3 is 14.6 Å². The van der Waals surface area contributed by atoms with Gasteiger partial charge in [0.05, 0.1) is 6.61 Å². The fourth-order valence-electron chi connectivity index (χ4n) is 2.52. The largest absolute Gasteiger partial charge is 0.380 e. The number of anilines is 1. The fourth-order valence-corrected chi connectivity index (χ4v) is 3.04. The molecule has 1 aromatic heterocycles. The summed E-state index contributed by atoms with van der Waals surface area (Å²) in [5.74, 6) is -0.342. The molecular formula is C18H18BrN3O3. The summed E-state index contributed by atoms with van der Waals surface area (Å²) in [4.78, 5) is 24.9. The summed E-state index contributed by atoms with van der Waals surface area (Å²) in [5.41, 5.74) is 2.20. The molecule has 6 nitrogen and oxygen atoms in total. The predicted octanol–water partition coefficient (Wildman–Crippen LogP) is 2.88. The van der Waals surface area contributed by atoms with Gasteiger partial charge in [-0.25, -0.2) is 0 Å². The Hall–Kier alpha value is -2.43. The number of nitriles is 1. The molecule has 130 valence electrons. The van der Waals surface area contributed by atoms with E-state index < -0.39 is 5.56 Å². The van der Waals surface area contributed by atoms with E-state index in [2.05, 4.69) is 21.2 Å². The highest BCUT2D eigenvalue weighted by atomic mass is 79.9. The minimum absolute atomic E-state index is 0.0253. The molecule has 1 aromatic carbocycles. The molecule has 0 spiro atoms. The van der Waals surface area contributed by atoms with E-state index in [1.807, 2.05) is 31.2 Å². The summed E-state index contributed by atoms with van der Waals surface area (Å²) in [6.45, 7) is 3.59. The Morgan fingerprint density at radius 3 is 2.72 bits per heavy atom. The normalized spacial score (nSPS) is 10.4. The number of carbonyl (C=O) groups excluding carboxylic acids is 1. The molecule has 0 aliphatic heterocycles. The van der Waals surface area contributed by atoms with Gasteiger partial charge in [-0.1, -0.05) is 12.1 Å². The number of hydrogen-bond donors (Lipinski definition) is 1. The Labute approximate surface area is 154 Å². The minimum Gasteiger partial charge on any atom is -0.380 e. The van der Waals surface area contributed by atoms with E-state index in [0.29, 0.717) is 21.4 Å². The summed E-state index contributed by atoms with van der Waals surface area (Å²) in [5, 5.41) is 12.1. The summed E-state index contributed by atoms with van der Waals surface area (Å²) in [6, 6.07) is 9.29. The van der Waals surface area contributed by atoms with Crippen LogP contribution in [0, 0.1) is 25.2 Å². The maximum absolute atomic E-state index is 12.6. The van der Waals surface area contributed by atoms with E-state index >= 15 is 0 Å². The van der Waals surface area contributed by atoms with Crippen molar-refractivity contribution in [2.75, 3.05) is 12.4 Å². The number of pyridine rings is 1. The number of methoxy groups -OCH3 is 1. The Kier molecular flexibility index (Phi) is 6.12. The van der Waals surface area contributed by atoms with Crippen molar-refractivity contribution in [1.29, 1.82) is 5.26 Å². The highest BCUT2D eigenvalue weighted by molar-refractivity contribution is 9.10. The molecule has 1 amide bonds. The van der Waals surface area contributed by atoms with Crippen LogP contribution in [0.25, 0.3) is 0 Å². The first-order valence-electron chi connectivity index (χ1n) is 7.56. The number of rotatable bonds is 5. The van der Waals surface area contributed by atoms with Gasteiger partial charge in [-0.2, -0.15) is 5.26 Å². The lowest BCUT2D eigenvalue weighted by atomic mass is 10.1.